The average molecular weight is 485 g/mol. The molecule has 1 aromatic heterocycles. The summed E-state index contributed by atoms with van der Waals surface area (Å²) in [5, 5.41) is 0. The van der Waals surface area contributed by atoms with Gasteiger partial charge in [0.1, 0.15) is 11.9 Å². The molecule has 1 fully saturated rings. The van der Waals surface area contributed by atoms with Crippen LogP contribution in [0.2, 0.25) is 0 Å². The number of aryl methyl sites for hydroxylation is 2. The van der Waals surface area contributed by atoms with Crippen molar-refractivity contribution in [2.45, 2.75) is 66.2 Å². The summed E-state index contributed by atoms with van der Waals surface area (Å²) in [6, 6.07) is 16.2. The van der Waals surface area contributed by atoms with Crippen molar-refractivity contribution in [2.75, 3.05) is 0 Å². The molecular formula is C28H37ClN2O3. The molecule has 0 spiro atoms. The fourth-order valence-electron chi connectivity index (χ4n) is 5.22. The number of aromatic nitrogens is 2. The number of halogens is 1. The number of rotatable bonds is 7. The molecule has 5 nitrogen and oxygen atoms in total. The average Bonchev–Trinajstić information content (AvgIpc) is 3.03. The van der Waals surface area contributed by atoms with Gasteiger partial charge in [-0.2, -0.15) is 0 Å². The third-order valence-corrected chi connectivity index (χ3v) is 7.12. The van der Waals surface area contributed by atoms with E-state index in [0.29, 0.717) is 24.4 Å². The van der Waals surface area contributed by atoms with E-state index in [9.17, 15) is 4.79 Å². The zero-order chi connectivity index (χ0) is 23.5. The maximum absolute atomic E-state index is 13.2. The Labute approximate surface area is 209 Å². The number of hydrogen-bond acceptors (Lipinski definition) is 3. The molecule has 0 N–H and O–H groups in total. The van der Waals surface area contributed by atoms with E-state index in [2.05, 4.69) is 50.5 Å². The minimum atomic E-state index is -0.169. The molecule has 2 aromatic carbocycles. The van der Waals surface area contributed by atoms with Gasteiger partial charge in [-0.15, -0.1) is 0 Å². The van der Waals surface area contributed by atoms with Crippen LogP contribution in [0.15, 0.2) is 48.5 Å². The number of imidazole rings is 1. The van der Waals surface area contributed by atoms with Gasteiger partial charge in [0.2, 0.25) is 0 Å². The lowest BCUT2D eigenvalue weighted by Gasteiger charge is -2.36. The third kappa shape index (κ3) is 5.75. The summed E-state index contributed by atoms with van der Waals surface area (Å²) in [4.78, 5) is 13.2. The molecule has 1 heterocycles. The van der Waals surface area contributed by atoms with E-state index in [0.717, 1.165) is 41.0 Å². The highest BCUT2D eigenvalue weighted by Crippen LogP contribution is 2.35. The molecule has 3 aromatic rings. The molecule has 0 saturated heterocycles. The Bertz CT molecular complexity index is 1120. The Kier molecular flexibility index (Phi) is 8.64. The molecule has 0 radical (unpaired) electrons. The van der Waals surface area contributed by atoms with Crippen LogP contribution in [0.5, 0.6) is 5.75 Å². The monoisotopic (exact) mass is 484 g/mol. The van der Waals surface area contributed by atoms with Gasteiger partial charge in [0.15, 0.2) is 24.2 Å². The Morgan fingerprint density at radius 2 is 1.91 bits per heavy atom. The SMILES string of the molecule is Cc1cccc(OCc2n(CC(=O)OC3CC(C)CCC3C(C)C)c3ccccc3[n+]2C)c1.[Cl-]. The number of ether oxygens (including phenoxy) is 2. The first-order valence-corrected chi connectivity index (χ1v) is 12.2. The molecule has 34 heavy (non-hydrogen) atoms. The largest absolute Gasteiger partial charge is 1.00 e. The first-order valence-electron chi connectivity index (χ1n) is 12.2. The number of benzene rings is 2. The summed E-state index contributed by atoms with van der Waals surface area (Å²) in [6.45, 7) is 9.35. The second-order valence-electron chi connectivity index (χ2n) is 10.0. The van der Waals surface area contributed by atoms with E-state index < -0.39 is 0 Å². The lowest BCUT2D eigenvalue weighted by molar-refractivity contribution is -0.655. The smallest absolute Gasteiger partial charge is 0.348 e. The van der Waals surface area contributed by atoms with Gasteiger partial charge >= 0.3 is 5.97 Å². The van der Waals surface area contributed by atoms with Gasteiger partial charge < -0.3 is 21.9 Å². The molecule has 3 unspecified atom stereocenters. The van der Waals surface area contributed by atoms with Crippen LogP contribution in [0.25, 0.3) is 11.0 Å². The van der Waals surface area contributed by atoms with Crippen molar-refractivity contribution >= 4 is 17.0 Å². The fourth-order valence-corrected chi connectivity index (χ4v) is 5.22. The van der Waals surface area contributed by atoms with Crippen LogP contribution in [0.1, 0.15) is 51.4 Å². The Balaban J connectivity index is 0.00000324. The molecule has 4 rings (SSSR count). The van der Waals surface area contributed by atoms with Gasteiger partial charge in [-0.3, -0.25) is 0 Å². The summed E-state index contributed by atoms with van der Waals surface area (Å²) in [5.41, 5.74) is 3.24. The number of fused-ring (bicyclic) bond motifs is 1. The molecule has 6 heteroatoms. The van der Waals surface area contributed by atoms with E-state index in [-0.39, 0.29) is 31.0 Å². The fraction of sp³-hybridized carbons (Fsp3) is 0.500. The highest BCUT2D eigenvalue weighted by atomic mass is 35.5. The Morgan fingerprint density at radius 1 is 1.15 bits per heavy atom. The van der Waals surface area contributed by atoms with E-state index in [1.807, 2.05) is 41.9 Å². The van der Waals surface area contributed by atoms with Crippen LogP contribution in [0, 0.1) is 24.7 Å². The second-order valence-corrected chi connectivity index (χ2v) is 10.0. The van der Waals surface area contributed by atoms with Crippen LogP contribution in [0.4, 0.5) is 0 Å². The molecule has 1 saturated carbocycles. The number of carbonyl (C=O) groups excluding carboxylic acids is 1. The van der Waals surface area contributed by atoms with Crippen LogP contribution in [0.3, 0.4) is 0 Å². The first-order chi connectivity index (χ1) is 15.8. The highest BCUT2D eigenvalue weighted by molar-refractivity contribution is 5.76. The quantitative estimate of drug-likeness (QED) is 0.382. The topological polar surface area (TPSA) is 44.3 Å². The zero-order valence-electron chi connectivity index (χ0n) is 21.0. The van der Waals surface area contributed by atoms with Crippen molar-refractivity contribution in [2.24, 2.45) is 24.8 Å². The summed E-state index contributed by atoms with van der Waals surface area (Å²) >= 11 is 0. The molecule has 3 atom stereocenters. The predicted octanol–water partition coefficient (Wildman–Crippen LogP) is 2.36. The van der Waals surface area contributed by atoms with Crippen molar-refractivity contribution < 1.29 is 31.2 Å². The summed E-state index contributed by atoms with van der Waals surface area (Å²) in [5.74, 6) is 3.14. The number of para-hydroxylation sites is 2. The number of nitrogens with zero attached hydrogens (tertiary/aromatic N) is 2. The Morgan fingerprint density at radius 3 is 2.65 bits per heavy atom. The van der Waals surface area contributed by atoms with Gasteiger partial charge in [-0.05, 0) is 67.3 Å². The van der Waals surface area contributed by atoms with Crippen LogP contribution < -0.4 is 21.7 Å². The van der Waals surface area contributed by atoms with Crippen LogP contribution in [-0.4, -0.2) is 16.6 Å². The van der Waals surface area contributed by atoms with Gasteiger partial charge in [0, 0.05) is 0 Å². The van der Waals surface area contributed by atoms with Crippen molar-refractivity contribution in [1.29, 1.82) is 0 Å². The molecule has 0 amide bonds. The van der Waals surface area contributed by atoms with Crippen LogP contribution >= 0.6 is 0 Å². The van der Waals surface area contributed by atoms with E-state index in [4.69, 9.17) is 9.47 Å². The summed E-state index contributed by atoms with van der Waals surface area (Å²) < 4.78 is 16.4. The van der Waals surface area contributed by atoms with Gasteiger partial charge in [0.05, 0.1) is 7.05 Å². The van der Waals surface area contributed by atoms with Crippen molar-refractivity contribution in [1.82, 2.24) is 4.57 Å². The van der Waals surface area contributed by atoms with E-state index >= 15 is 0 Å². The van der Waals surface area contributed by atoms with Crippen molar-refractivity contribution in [3.63, 3.8) is 0 Å². The van der Waals surface area contributed by atoms with Gasteiger partial charge in [-0.1, -0.05) is 51.5 Å². The lowest BCUT2D eigenvalue weighted by atomic mass is 9.75. The number of hydrogen-bond donors (Lipinski definition) is 0. The maximum Gasteiger partial charge on any atom is 0.348 e. The van der Waals surface area contributed by atoms with Gasteiger partial charge in [-0.25, -0.2) is 13.9 Å². The molecule has 184 valence electrons. The minimum Gasteiger partial charge on any atom is -1.00 e. The number of esters is 1. The van der Waals surface area contributed by atoms with Gasteiger partial charge in [0.25, 0.3) is 5.82 Å². The normalized spacial score (nSPS) is 20.2. The van der Waals surface area contributed by atoms with Crippen molar-refractivity contribution in [3.05, 3.63) is 59.9 Å². The highest BCUT2D eigenvalue weighted by Gasteiger charge is 2.34. The molecular weight excluding hydrogens is 448 g/mol. The molecule has 0 aliphatic heterocycles. The molecule has 1 aliphatic carbocycles. The summed E-state index contributed by atoms with van der Waals surface area (Å²) in [6.07, 6.45) is 3.31. The maximum atomic E-state index is 13.2. The molecule has 0 bridgehead atoms. The third-order valence-electron chi connectivity index (χ3n) is 7.12. The zero-order valence-corrected chi connectivity index (χ0v) is 21.7. The molecule has 1 aliphatic rings. The van der Waals surface area contributed by atoms with Crippen LogP contribution in [-0.2, 0) is 29.7 Å². The standard InChI is InChI=1S/C28H37N2O3.ClH/c1-19(2)23-14-13-21(4)16-26(23)33-28(31)17-30-25-12-7-6-11-24(25)29(5)27(30)18-32-22-10-8-9-20(3)15-22;/h6-12,15,19,21,23,26H,13-14,16-18H2,1-5H3;1H/q+1;/p-1. The van der Waals surface area contributed by atoms with E-state index in [1.54, 1.807) is 0 Å². The first kappa shape index (κ1) is 26.1. The van der Waals surface area contributed by atoms with Crippen molar-refractivity contribution in [3.8, 4) is 5.75 Å². The van der Waals surface area contributed by atoms with E-state index in [1.165, 1.54) is 6.42 Å². The number of carbonyl (C=O) groups is 1. The minimum absolute atomic E-state index is 0. The summed E-state index contributed by atoms with van der Waals surface area (Å²) in [7, 11) is 2.02. The lowest BCUT2D eigenvalue weighted by Crippen LogP contribution is -3.00. The Hall–Kier alpha value is -2.53. The predicted molar refractivity (Wildman–Crippen MR) is 130 cm³/mol. The second kappa shape index (κ2) is 11.3.